The third-order valence-corrected chi connectivity index (χ3v) is 4.88. The van der Waals surface area contributed by atoms with E-state index in [1.165, 1.54) is 6.07 Å². The largest absolute Gasteiger partial charge is 0.470 e. The van der Waals surface area contributed by atoms with Crippen LogP contribution in [-0.2, 0) is 6.61 Å². The molecule has 2 N–H and O–H groups in total. The minimum Gasteiger partial charge on any atom is -0.470 e. The molecule has 168 valence electrons. The molecule has 4 heterocycles. The highest BCUT2D eigenvalue weighted by molar-refractivity contribution is 5.97. The molecule has 0 aliphatic carbocycles. The van der Waals surface area contributed by atoms with E-state index in [1.54, 1.807) is 24.4 Å². The number of rotatable bonds is 7. The molecule has 0 aliphatic heterocycles. The predicted molar refractivity (Wildman–Crippen MR) is 113 cm³/mol. The van der Waals surface area contributed by atoms with Gasteiger partial charge in [-0.15, -0.1) is 15.3 Å². The molecule has 1 atom stereocenters. The molecule has 5 rings (SSSR count). The highest BCUT2D eigenvalue weighted by atomic mass is 16.5. The summed E-state index contributed by atoms with van der Waals surface area (Å²) in [4.78, 5) is 12.1. The van der Waals surface area contributed by atoms with Gasteiger partial charge in [-0.05, 0) is 19.9 Å². The maximum Gasteiger partial charge on any atom is 0.290 e. The first-order valence-corrected chi connectivity index (χ1v) is 10.1. The lowest BCUT2D eigenvalue weighted by Gasteiger charge is -2.08. The van der Waals surface area contributed by atoms with Gasteiger partial charge in [0, 0.05) is 28.9 Å². The van der Waals surface area contributed by atoms with E-state index in [1.807, 2.05) is 24.3 Å². The number of ether oxygens (including phenoxy) is 1. The van der Waals surface area contributed by atoms with E-state index in [-0.39, 0.29) is 19.0 Å². The number of aryl methyl sites for hydroxylation is 1. The Hall–Kier alpha value is -4.32. The quantitative estimate of drug-likeness (QED) is 0.376. The molecule has 4 aromatic heterocycles. The molecule has 5 aromatic rings. The van der Waals surface area contributed by atoms with Gasteiger partial charge in [-0.25, -0.2) is 0 Å². The number of amides is 1. The van der Waals surface area contributed by atoms with Crippen molar-refractivity contribution in [2.45, 2.75) is 26.5 Å². The molecule has 1 amide bonds. The Morgan fingerprint density at radius 2 is 2.00 bits per heavy atom. The Balaban J connectivity index is 1.46. The van der Waals surface area contributed by atoms with Crippen LogP contribution in [-0.4, -0.2) is 53.8 Å². The van der Waals surface area contributed by atoms with E-state index in [4.69, 9.17) is 18.9 Å². The number of carbonyl (C=O) groups excluding carboxylic acids is 1. The molecule has 0 spiro atoms. The van der Waals surface area contributed by atoms with Crippen LogP contribution in [0.5, 0.6) is 5.88 Å². The van der Waals surface area contributed by atoms with Crippen LogP contribution >= 0.6 is 0 Å². The van der Waals surface area contributed by atoms with Crippen molar-refractivity contribution in [3.63, 3.8) is 0 Å². The second-order valence-corrected chi connectivity index (χ2v) is 7.46. The third kappa shape index (κ3) is 3.87. The van der Waals surface area contributed by atoms with Gasteiger partial charge in [0.1, 0.15) is 18.1 Å². The van der Waals surface area contributed by atoms with E-state index >= 15 is 0 Å². The van der Waals surface area contributed by atoms with Gasteiger partial charge in [0.15, 0.2) is 11.3 Å². The molecule has 12 heteroatoms. The van der Waals surface area contributed by atoms with E-state index in [2.05, 4.69) is 30.9 Å². The summed E-state index contributed by atoms with van der Waals surface area (Å²) >= 11 is 0. The van der Waals surface area contributed by atoms with Gasteiger partial charge < -0.3 is 24.2 Å². The lowest BCUT2D eigenvalue weighted by Crippen LogP contribution is -2.34. The summed E-state index contributed by atoms with van der Waals surface area (Å²) in [5.41, 5.74) is 1.45. The van der Waals surface area contributed by atoms with E-state index in [0.717, 1.165) is 10.8 Å². The van der Waals surface area contributed by atoms with E-state index in [9.17, 15) is 4.79 Å². The number of nitrogens with one attached hydrogen (secondary N) is 1. The topological polar surface area (TPSA) is 154 Å². The molecule has 0 saturated heterocycles. The highest BCUT2D eigenvalue weighted by Gasteiger charge is 2.19. The lowest BCUT2D eigenvalue weighted by atomic mass is 10.2. The van der Waals surface area contributed by atoms with Crippen LogP contribution in [0.4, 0.5) is 0 Å². The molecule has 0 aliphatic rings. The van der Waals surface area contributed by atoms with Crippen molar-refractivity contribution in [3.8, 4) is 17.4 Å². The van der Waals surface area contributed by atoms with Crippen molar-refractivity contribution in [2.24, 2.45) is 0 Å². The Labute approximate surface area is 186 Å². The Bertz CT molecular complexity index is 1450. The van der Waals surface area contributed by atoms with E-state index in [0.29, 0.717) is 34.5 Å². The maximum atomic E-state index is 12.1. The van der Waals surface area contributed by atoms with Crippen molar-refractivity contribution >= 4 is 22.3 Å². The summed E-state index contributed by atoms with van der Waals surface area (Å²) in [7, 11) is 0. The smallest absolute Gasteiger partial charge is 0.290 e. The summed E-state index contributed by atoms with van der Waals surface area (Å²) in [6.45, 7) is 3.28. The minimum absolute atomic E-state index is 0.00929. The molecular formula is C21H19N7O5. The monoisotopic (exact) mass is 449 g/mol. The van der Waals surface area contributed by atoms with Crippen molar-refractivity contribution in [1.82, 2.24) is 35.4 Å². The summed E-state index contributed by atoms with van der Waals surface area (Å²) < 4.78 is 17.8. The number of benzene rings is 1. The number of carbonyl (C=O) groups is 1. The maximum absolute atomic E-state index is 12.1. The number of aromatic nitrogens is 6. The molecule has 0 unspecified atom stereocenters. The van der Waals surface area contributed by atoms with Crippen LogP contribution in [0.2, 0.25) is 0 Å². The van der Waals surface area contributed by atoms with Crippen molar-refractivity contribution in [2.75, 3.05) is 6.61 Å². The van der Waals surface area contributed by atoms with Crippen molar-refractivity contribution in [1.29, 1.82) is 0 Å². The Kier molecular flexibility index (Phi) is 5.18. The molecule has 0 saturated carbocycles. The van der Waals surface area contributed by atoms with Crippen molar-refractivity contribution in [3.05, 3.63) is 53.6 Å². The average Bonchev–Trinajstić information content (AvgIpc) is 3.56. The summed E-state index contributed by atoms with van der Waals surface area (Å²) in [5, 5.41) is 34.2. The van der Waals surface area contributed by atoms with Gasteiger partial charge in [-0.3, -0.25) is 4.79 Å². The first-order valence-electron chi connectivity index (χ1n) is 10.1. The summed E-state index contributed by atoms with van der Waals surface area (Å²) in [6, 6.07) is 10.3. The second-order valence-electron chi connectivity index (χ2n) is 7.46. The fourth-order valence-corrected chi connectivity index (χ4v) is 3.26. The van der Waals surface area contributed by atoms with E-state index < -0.39 is 11.9 Å². The molecule has 0 bridgehead atoms. The van der Waals surface area contributed by atoms with Crippen LogP contribution < -0.4 is 10.1 Å². The second kappa shape index (κ2) is 8.31. The van der Waals surface area contributed by atoms with Gasteiger partial charge >= 0.3 is 0 Å². The lowest BCUT2D eigenvalue weighted by molar-refractivity contribution is 0.0884. The first-order chi connectivity index (χ1) is 16.0. The SMILES string of the molecule is Cc1cc(-c2nnc3c4ccccc4c(OCc4cc(C(=O)N[C@H](C)CO)on4)nn23)no1. The number of aliphatic hydroxyl groups excluding tert-OH is 1. The van der Waals surface area contributed by atoms with Gasteiger partial charge in [-0.2, -0.15) is 4.52 Å². The van der Waals surface area contributed by atoms with Crippen LogP contribution in [0.25, 0.3) is 27.9 Å². The Morgan fingerprint density at radius 3 is 2.76 bits per heavy atom. The van der Waals surface area contributed by atoms with Crippen LogP contribution in [0.3, 0.4) is 0 Å². The predicted octanol–water partition coefficient (Wildman–Crippen LogP) is 1.92. The highest BCUT2D eigenvalue weighted by Crippen LogP contribution is 2.29. The molecule has 0 radical (unpaired) electrons. The standard InChI is InChI=1S/C21H19N7O5/c1-11(9-29)22-20(30)17-8-13(26-33-17)10-31-21-15-6-4-3-5-14(15)18-23-24-19(28(18)25-21)16-7-12(2)32-27-16/h3-8,11,29H,9-10H2,1-2H3,(H,22,30)/t11-/m1/s1. The first kappa shape index (κ1) is 20.6. The third-order valence-electron chi connectivity index (χ3n) is 4.88. The number of hydrogen-bond acceptors (Lipinski definition) is 10. The van der Waals surface area contributed by atoms with Gasteiger partial charge in [0.2, 0.25) is 17.5 Å². The number of nitrogens with zero attached hydrogens (tertiary/aromatic N) is 6. The zero-order valence-corrected chi connectivity index (χ0v) is 17.7. The summed E-state index contributed by atoms with van der Waals surface area (Å²) in [6.07, 6.45) is 0. The molecule has 1 aromatic carbocycles. The van der Waals surface area contributed by atoms with Crippen LogP contribution in [0.1, 0.15) is 28.9 Å². The zero-order valence-electron chi connectivity index (χ0n) is 17.7. The van der Waals surface area contributed by atoms with Gasteiger partial charge in [-0.1, -0.05) is 28.5 Å². The number of fused-ring (bicyclic) bond motifs is 3. The zero-order chi connectivity index (χ0) is 22.9. The van der Waals surface area contributed by atoms with Crippen LogP contribution in [0.15, 0.2) is 45.4 Å². The Morgan fingerprint density at radius 1 is 1.18 bits per heavy atom. The fourth-order valence-electron chi connectivity index (χ4n) is 3.26. The molecular weight excluding hydrogens is 430 g/mol. The van der Waals surface area contributed by atoms with Crippen molar-refractivity contribution < 1.29 is 23.7 Å². The molecule has 33 heavy (non-hydrogen) atoms. The normalized spacial score (nSPS) is 12.3. The number of aliphatic hydroxyl groups is 1. The molecule has 0 fully saturated rings. The summed E-state index contributed by atoms with van der Waals surface area (Å²) in [5.74, 6) is 0.915. The minimum atomic E-state index is -0.475. The average molecular weight is 449 g/mol. The fraction of sp³-hybridized carbons (Fsp3) is 0.238. The van der Waals surface area contributed by atoms with Crippen LogP contribution in [0, 0.1) is 6.92 Å². The number of hydrogen-bond donors (Lipinski definition) is 2. The van der Waals surface area contributed by atoms with Gasteiger partial charge in [0.25, 0.3) is 5.91 Å². The van der Waals surface area contributed by atoms with Gasteiger partial charge in [0.05, 0.1) is 6.61 Å². The molecule has 12 nitrogen and oxygen atoms in total.